The number of rotatable bonds is 2. The lowest BCUT2D eigenvalue weighted by Gasteiger charge is -1.96. The molecule has 0 aromatic carbocycles. The molecule has 0 aliphatic heterocycles. The molecule has 0 fully saturated rings. The summed E-state index contributed by atoms with van der Waals surface area (Å²) < 4.78 is 4.72. The first-order chi connectivity index (χ1) is 4.84. The van der Waals surface area contributed by atoms with E-state index < -0.39 is 0 Å². The summed E-state index contributed by atoms with van der Waals surface area (Å²) in [6.45, 7) is 2.19. The van der Waals surface area contributed by atoms with Crippen LogP contribution >= 0.6 is 24.8 Å². The molecule has 70 valence electrons. The maximum absolute atomic E-state index is 10.9. The van der Waals surface area contributed by atoms with Crippen molar-refractivity contribution in [1.82, 2.24) is 4.98 Å². The van der Waals surface area contributed by atoms with Gasteiger partial charge in [-0.25, -0.2) is 4.79 Å². The van der Waals surface area contributed by atoms with Crippen molar-refractivity contribution in [2.24, 2.45) is 0 Å². The highest BCUT2D eigenvalue weighted by Crippen LogP contribution is 1.96. The summed E-state index contributed by atoms with van der Waals surface area (Å²) in [7, 11) is 0. The molecule has 0 radical (unpaired) electrons. The summed E-state index contributed by atoms with van der Waals surface area (Å²) in [6.07, 6.45) is 1.69. The zero-order valence-corrected chi connectivity index (χ0v) is 8.21. The lowest BCUT2D eigenvalue weighted by molar-refractivity contribution is 0.0520. The molecule has 0 amide bonds. The second-order valence-corrected chi connectivity index (χ2v) is 1.80. The monoisotopic (exact) mass is 211 g/mol. The number of halogens is 2. The molecule has 1 rings (SSSR count). The number of hydrogen-bond donors (Lipinski definition) is 1. The van der Waals surface area contributed by atoms with Gasteiger partial charge in [0.2, 0.25) is 0 Å². The maximum atomic E-state index is 10.9. The zero-order chi connectivity index (χ0) is 7.40. The molecule has 0 bridgehead atoms. The van der Waals surface area contributed by atoms with Gasteiger partial charge < -0.3 is 9.72 Å². The predicted octanol–water partition coefficient (Wildman–Crippen LogP) is 2.04. The quantitative estimate of drug-likeness (QED) is 0.762. The van der Waals surface area contributed by atoms with Crippen LogP contribution in [0.1, 0.15) is 17.4 Å². The number of esters is 1. The van der Waals surface area contributed by atoms with Crippen LogP contribution in [0.2, 0.25) is 0 Å². The number of nitrogens with one attached hydrogen (secondary N) is 1. The Bertz CT molecular complexity index is 211. The molecule has 5 heteroatoms. The normalized spacial score (nSPS) is 7.75. The number of aromatic nitrogens is 1. The highest BCUT2D eigenvalue weighted by Gasteiger charge is 2.04. The Morgan fingerprint density at radius 3 is 2.67 bits per heavy atom. The number of aromatic amines is 1. The standard InChI is InChI=1S/C7H9NO2.2ClH/c1-2-10-7(9)6-4-3-5-8-6;;/h3-5,8H,2H2,1H3;2*1H. The molecule has 0 saturated carbocycles. The van der Waals surface area contributed by atoms with Gasteiger partial charge in [-0.1, -0.05) is 0 Å². The third-order valence-electron chi connectivity index (χ3n) is 1.09. The van der Waals surface area contributed by atoms with Crippen LogP contribution in [-0.4, -0.2) is 17.6 Å². The molecule has 0 atom stereocenters. The molecule has 12 heavy (non-hydrogen) atoms. The number of hydrogen-bond acceptors (Lipinski definition) is 2. The van der Waals surface area contributed by atoms with Crippen LogP contribution < -0.4 is 0 Å². The van der Waals surface area contributed by atoms with Gasteiger partial charge in [-0.15, -0.1) is 24.8 Å². The van der Waals surface area contributed by atoms with Gasteiger partial charge in [0.1, 0.15) is 5.69 Å². The highest BCUT2D eigenvalue weighted by atomic mass is 35.5. The molecule has 0 aliphatic carbocycles. The van der Waals surface area contributed by atoms with E-state index in [1.165, 1.54) is 0 Å². The minimum Gasteiger partial charge on any atom is -0.461 e. The van der Waals surface area contributed by atoms with Gasteiger partial charge in [0, 0.05) is 6.20 Å². The molecular formula is C7H11Cl2NO2. The molecule has 0 aliphatic rings. The van der Waals surface area contributed by atoms with E-state index in [2.05, 4.69) is 4.98 Å². The van der Waals surface area contributed by atoms with Gasteiger partial charge in [0.25, 0.3) is 0 Å². The summed E-state index contributed by atoms with van der Waals surface area (Å²) in [5.41, 5.74) is 0.502. The summed E-state index contributed by atoms with van der Waals surface area (Å²) in [4.78, 5) is 13.6. The van der Waals surface area contributed by atoms with Gasteiger partial charge in [-0.3, -0.25) is 0 Å². The van der Waals surface area contributed by atoms with E-state index >= 15 is 0 Å². The van der Waals surface area contributed by atoms with E-state index in [4.69, 9.17) is 4.74 Å². The fraction of sp³-hybridized carbons (Fsp3) is 0.286. The summed E-state index contributed by atoms with van der Waals surface area (Å²) >= 11 is 0. The van der Waals surface area contributed by atoms with Crippen LogP contribution in [0.5, 0.6) is 0 Å². The number of ether oxygens (including phenoxy) is 1. The van der Waals surface area contributed by atoms with Crippen molar-refractivity contribution < 1.29 is 9.53 Å². The first-order valence-corrected chi connectivity index (χ1v) is 3.15. The first kappa shape index (κ1) is 13.9. The molecule has 0 saturated heterocycles. The first-order valence-electron chi connectivity index (χ1n) is 3.15. The van der Waals surface area contributed by atoms with Crippen molar-refractivity contribution in [2.45, 2.75) is 6.92 Å². The van der Waals surface area contributed by atoms with E-state index in [1.54, 1.807) is 25.3 Å². The smallest absolute Gasteiger partial charge is 0.354 e. The van der Waals surface area contributed by atoms with E-state index in [1.807, 2.05) is 0 Å². The minimum atomic E-state index is -0.299. The molecule has 1 aromatic heterocycles. The van der Waals surface area contributed by atoms with E-state index in [9.17, 15) is 4.79 Å². The van der Waals surface area contributed by atoms with Crippen LogP contribution in [0.3, 0.4) is 0 Å². The Kier molecular flexibility index (Phi) is 8.11. The maximum Gasteiger partial charge on any atom is 0.354 e. The average molecular weight is 212 g/mol. The van der Waals surface area contributed by atoms with Crippen molar-refractivity contribution in [2.75, 3.05) is 6.61 Å². The summed E-state index contributed by atoms with van der Waals surface area (Å²) in [5.74, 6) is -0.299. The van der Waals surface area contributed by atoms with Crippen molar-refractivity contribution in [3.63, 3.8) is 0 Å². The Labute approximate surface area is 83.3 Å². The van der Waals surface area contributed by atoms with Crippen molar-refractivity contribution >= 4 is 30.8 Å². The van der Waals surface area contributed by atoms with Crippen molar-refractivity contribution in [3.8, 4) is 0 Å². The number of carbonyl (C=O) groups excluding carboxylic acids is 1. The van der Waals surface area contributed by atoms with E-state index in [-0.39, 0.29) is 30.8 Å². The van der Waals surface area contributed by atoms with Gasteiger partial charge in [0.15, 0.2) is 0 Å². The molecular weight excluding hydrogens is 201 g/mol. The van der Waals surface area contributed by atoms with Gasteiger partial charge in [0.05, 0.1) is 6.61 Å². The van der Waals surface area contributed by atoms with E-state index in [0.717, 1.165) is 0 Å². The topological polar surface area (TPSA) is 42.1 Å². The lowest BCUT2D eigenvalue weighted by atomic mass is 10.4. The fourth-order valence-electron chi connectivity index (χ4n) is 0.666. The van der Waals surface area contributed by atoms with Crippen LogP contribution in [0.25, 0.3) is 0 Å². The van der Waals surface area contributed by atoms with Gasteiger partial charge in [-0.05, 0) is 19.1 Å². The van der Waals surface area contributed by atoms with Crippen LogP contribution in [0.4, 0.5) is 0 Å². The molecule has 1 N–H and O–H groups in total. The van der Waals surface area contributed by atoms with Gasteiger partial charge in [-0.2, -0.15) is 0 Å². The third-order valence-corrected chi connectivity index (χ3v) is 1.09. The van der Waals surface area contributed by atoms with Gasteiger partial charge >= 0.3 is 5.97 Å². The molecule has 1 heterocycles. The molecule has 1 aromatic rings. The largest absolute Gasteiger partial charge is 0.461 e. The van der Waals surface area contributed by atoms with Crippen molar-refractivity contribution in [3.05, 3.63) is 24.0 Å². The van der Waals surface area contributed by atoms with Crippen molar-refractivity contribution in [1.29, 1.82) is 0 Å². The lowest BCUT2D eigenvalue weighted by Crippen LogP contribution is -2.04. The zero-order valence-electron chi connectivity index (χ0n) is 6.57. The Morgan fingerprint density at radius 2 is 2.25 bits per heavy atom. The second-order valence-electron chi connectivity index (χ2n) is 1.80. The highest BCUT2D eigenvalue weighted by molar-refractivity contribution is 5.87. The fourth-order valence-corrected chi connectivity index (χ4v) is 0.666. The van der Waals surface area contributed by atoms with E-state index in [0.29, 0.717) is 12.3 Å². The predicted molar refractivity (Wildman–Crippen MR) is 51.2 cm³/mol. The third kappa shape index (κ3) is 3.64. The molecule has 0 spiro atoms. The SMILES string of the molecule is CCOC(=O)c1ccc[nH]1.Cl.Cl. The number of H-pyrrole nitrogens is 1. The van der Waals surface area contributed by atoms with Crippen LogP contribution in [0.15, 0.2) is 18.3 Å². The summed E-state index contributed by atoms with van der Waals surface area (Å²) in [6, 6.07) is 3.43. The molecule has 0 unspecified atom stereocenters. The van der Waals surface area contributed by atoms with Crippen LogP contribution in [-0.2, 0) is 4.74 Å². The van der Waals surface area contributed by atoms with Crippen LogP contribution in [0, 0.1) is 0 Å². The molecule has 3 nitrogen and oxygen atoms in total. The minimum absolute atomic E-state index is 0. The Balaban J connectivity index is 0. The Morgan fingerprint density at radius 1 is 1.58 bits per heavy atom. The second kappa shape index (κ2) is 7.00. The Hall–Kier alpha value is -0.670. The average Bonchev–Trinajstić information content (AvgIpc) is 2.38. The summed E-state index contributed by atoms with van der Waals surface area (Å²) in [5, 5.41) is 0. The number of carbonyl (C=O) groups is 1.